The SMILES string of the molecule is Cc1ccccc1CC(C)NC(=O)c1ccc(CN)o1. The summed E-state index contributed by atoms with van der Waals surface area (Å²) in [7, 11) is 0. The van der Waals surface area contributed by atoms with Crippen molar-refractivity contribution < 1.29 is 9.21 Å². The first-order valence-corrected chi connectivity index (χ1v) is 6.74. The van der Waals surface area contributed by atoms with Crippen molar-refractivity contribution in [3.8, 4) is 0 Å². The maximum absolute atomic E-state index is 12.0. The zero-order chi connectivity index (χ0) is 14.5. The van der Waals surface area contributed by atoms with Gasteiger partial charge in [0.15, 0.2) is 5.76 Å². The van der Waals surface area contributed by atoms with Gasteiger partial charge in [0.1, 0.15) is 5.76 Å². The van der Waals surface area contributed by atoms with E-state index in [4.69, 9.17) is 10.2 Å². The van der Waals surface area contributed by atoms with Gasteiger partial charge in [-0.25, -0.2) is 0 Å². The Hall–Kier alpha value is -2.07. The number of carbonyl (C=O) groups excluding carboxylic acids is 1. The number of carbonyl (C=O) groups is 1. The van der Waals surface area contributed by atoms with Gasteiger partial charge in [0, 0.05) is 6.04 Å². The number of benzene rings is 1. The zero-order valence-corrected chi connectivity index (χ0v) is 11.8. The number of hydrogen-bond acceptors (Lipinski definition) is 3. The number of nitrogens with two attached hydrogens (primary N) is 1. The van der Waals surface area contributed by atoms with Crippen molar-refractivity contribution in [3.05, 3.63) is 59.0 Å². The molecule has 1 amide bonds. The second-order valence-corrected chi connectivity index (χ2v) is 4.98. The molecule has 0 aliphatic carbocycles. The van der Waals surface area contributed by atoms with Crippen LogP contribution in [0.5, 0.6) is 0 Å². The topological polar surface area (TPSA) is 68.3 Å². The number of hydrogen-bond donors (Lipinski definition) is 2. The van der Waals surface area contributed by atoms with Crippen LogP contribution < -0.4 is 11.1 Å². The number of amides is 1. The van der Waals surface area contributed by atoms with Crippen LogP contribution in [0.3, 0.4) is 0 Å². The minimum absolute atomic E-state index is 0.0371. The molecule has 1 aromatic heterocycles. The molecule has 0 aliphatic rings. The molecule has 0 saturated carbocycles. The third-order valence-electron chi connectivity index (χ3n) is 3.25. The zero-order valence-electron chi connectivity index (χ0n) is 11.8. The third kappa shape index (κ3) is 3.48. The second-order valence-electron chi connectivity index (χ2n) is 4.98. The number of aryl methyl sites for hydroxylation is 1. The molecule has 1 heterocycles. The molecule has 20 heavy (non-hydrogen) atoms. The van der Waals surface area contributed by atoms with Gasteiger partial charge in [-0.2, -0.15) is 0 Å². The normalized spacial score (nSPS) is 12.2. The van der Waals surface area contributed by atoms with Gasteiger partial charge in [-0.15, -0.1) is 0 Å². The fraction of sp³-hybridized carbons (Fsp3) is 0.312. The van der Waals surface area contributed by atoms with Crippen molar-refractivity contribution >= 4 is 5.91 Å². The minimum Gasteiger partial charge on any atom is -0.455 e. The lowest BCUT2D eigenvalue weighted by Crippen LogP contribution is -2.34. The maximum Gasteiger partial charge on any atom is 0.287 e. The van der Waals surface area contributed by atoms with Gasteiger partial charge in [0.05, 0.1) is 6.54 Å². The smallest absolute Gasteiger partial charge is 0.287 e. The van der Waals surface area contributed by atoms with Crippen LogP contribution in [0.1, 0.15) is 34.4 Å². The average molecular weight is 272 g/mol. The number of furan rings is 1. The predicted molar refractivity (Wildman–Crippen MR) is 78.4 cm³/mol. The summed E-state index contributed by atoms with van der Waals surface area (Å²) < 4.78 is 5.33. The highest BCUT2D eigenvalue weighted by Gasteiger charge is 2.14. The second kappa shape index (κ2) is 6.39. The molecule has 0 radical (unpaired) electrons. The fourth-order valence-corrected chi connectivity index (χ4v) is 2.12. The van der Waals surface area contributed by atoms with Gasteiger partial charge < -0.3 is 15.5 Å². The summed E-state index contributed by atoms with van der Waals surface area (Å²) in [5.41, 5.74) is 7.93. The molecule has 0 spiro atoms. The fourth-order valence-electron chi connectivity index (χ4n) is 2.12. The van der Waals surface area contributed by atoms with Crippen molar-refractivity contribution in [2.45, 2.75) is 32.9 Å². The minimum atomic E-state index is -0.203. The summed E-state index contributed by atoms with van der Waals surface area (Å²) in [4.78, 5) is 12.0. The van der Waals surface area contributed by atoms with Gasteiger partial charge in [0.25, 0.3) is 5.91 Å². The first-order chi connectivity index (χ1) is 9.60. The molecule has 0 saturated heterocycles. The van der Waals surface area contributed by atoms with E-state index in [0.717, 1.165) is 6.42 Å². The molecule has 1 unspecified atom stereocenters. The highest BCUT2D eigenvalue weighted by molar-refractivity contribution is 5.91. The van der Waals surface area contributed by atoms with Gasteiger partial charge >= 0.3 is 0 Å². The summed E-state index contributed by atoms with van der Waals surface area (Å²) in [5.74, 6) is 0.717. The van der Waals surface area contributed by atoms with E-state index in [1.165, 1.54) is 11.1 Å². The van der Waals surface area contributed by atoms with Crippen LogP contribution in [0.4, 0.5) is 0 Å². The lowest BCUT2D eigenvalue weighted by molar-refractivity contribution is 0.0910. The van der Waals surface area contributed by atoms with E-state index in [9.17, 15) is 4.79 Å². The Morgan fingerprint density at radius 1 is 1.30 bits per heavy atom. The van der Waals surface area contributed by atoms with Crippen LogP contribution >= 0.6 is 0 Å². The molecular formula is C16H20N2O2. The van der Waals surface area contributed by atoms with Gasteiger partial charge in [-0.3, -0.25) is 4.79 Å². The molecule has 4 nitrogen and oxygen atoms in total. The van der Waals surface area contributed by atoms with E-state index >= 15 is 0 Å². The molecule has 1 atom stereocenters. The molecule has 0 aliphatic heterocycles. The molecule has 0 bridgehead atoms. The van der Waals surface area contributed by atoms with Gasteiger partial charge in [-0.05, 0) is 43.5 Å². The van der Waals surface area contributed by atoms with Crippen LogP contribution in [0.15, 0.2) is 40.8 Å². The molecule has 106 valence electrons. The van der Waals surface area contributed by atoms with Gasteiger partial charge in [0.2, 0.25) is 0 Å². The lowest BCUT2D eigenvalue weighted by Gasteiger charge is -2.14. The van der Waals surface area contributed by atoms with Crippen molar-refractivity contribution in [2.24, 2.45) is 5.73 Å². The standard InChI is InChI=1S/C16H20N2O2/c1-11-5-3-4-6-13(11)9-12(2)18-16(19)15-8-7-14(10-17)20-15/h3-8,12H,9-10,17H2,1-2H3,(H,18,19). The molecule has 4 heteroatoms. The summed E-state index contributed by atoms with van der Waals surface area (Å²) in [6.07, 6.45) is 0.795. The Morgan fingerprint density at radius 3 is 2.70 bits per heavy atom. The quantitative estimate of drug-likeness (QED) is 0.878. The van der Waals surface area contributed by atoms with Crippen LogP contribution in [-0.4, -0.2) is 11.9 Å². The summed E-state index contributed by atoms with van der Waals surface area (Å²) in [6, 6.07) is 11.6. The first kappa shape index (κ1) is 14.3. The van der Waals surface area contributed by atoms with Crippen molar-refractivity contribution in [3.63, 3.8) is 0 Å². The molecule has 2 rings (SSSR count). The van der Waals surface area contributed by atoms with E-state index in [2.05, 4.69) is 24.4 Å². The van der Waals surface area contributed by atoms with Crippen LogP contribution in [0.2, 0.25) is 0 Å². The lowest BCUT2D eigenvalue weighted by atomic mass is 10.0. The van der Waals surface area contributed by atoms with Crippen LogP contribution in [0, 0.1) is 6.92 Å². The first-order valence-electron chi connectivity index (χ1n) is 6.74. The van der Waals surface area contributed by atoms with E-state index in [1.54, 1.807) is 12.1 Å². The van der Waals surface area contributed by atoms with Gasteiger partial charge in [-0.1, -0.05) is 24.3 Å². The molecule has 3 N–H and O–H groups in total. The Morgan fingerprint density at radius 2 is 2.05 bits per heavy atom. The number of rotatable bonds is 5. The summed E-state index contributed by atoms with van der Waals surface area (Å²) in [5, 5.41) is 2.94. The highest BCUT2D eigenvalue weighted by atomic mass is 16.4. The Kier molecular flexibility index (Phi) is 4.58. The molecule has 2 aromatic rings. The predicted octanol–water partition coefficient (Wildman–Crippen LogP) is 2.41. The van der Waals surface area contributed by atoms with Crippen molar-refractivity contribution in [2.75, 3.05) is 0 Å². The Bertz CT molecular complexity index is 590. The van der Waals surface area contributed by atoms with E-state index < -0.39 is 0 Å². The third-order valence-corrected chi connectivity index (χ3v) is 3.25. The summed E-state index contributed by atoms with van der Waals surface area (Å²) >= 11 is 0. The monoisotopic (exact) mass is 272 g/mol. The van der Waals surface area contributed by atoms with E-state index in [0.29, 0.717) is 18.1 Å². The van der Waals surface area contributed by atoms with E-state index in [1.807, 2.05) is 19.1 Å². The van der Waals surface area contributed by atoms with Crippen molar-refractivity contribution in [1.29, 1.82) is 0 Å². The average Bonchev–Trinajstić information content (AvgIpc) is 2.90. The highest BCUT2D eigenvalue weighted by Crippen LogP contribution is 2.11. The summed E-state index contributed by atoms with van der Waals surface area (Å²) in [6.45, 7) is 4.35. The molecular weight excluding hydrogens is 252 g/mol. The van der Waals surface area contributed by atoms with Crippen LogP contribution in [0.25, 0.3) is 0 Å². The Labute approximate surface area is 119 Å². The van der Waals surface area contributed by atoms with E-state index in [-0.39, 0.29) is 11.9 Å². The largest absolute Gasteiger partial charge is 0.455 e. The molecule has 0 fully saturated rings. The number of nitrogens with one attached hydrogen (secondary N) is 1. The van der Waals surface area contributed by atoms with Crippen LogP contribution in [-0.2, 0) is 13.0 Å². The van der Waals surface area contributed by atoms with Crippen molar-refractivity contribution in [1.82, 2.24) is 5.32 Å². The molecule has 1 aromatic carbocycles. The maximum atomic E-state index is 12.0. The Balaban J connectivity index is 1.96.